The van der Waals surface area contributed by atoms with Crippen LogP contribution in [0.5, 0.6) is 5.75 Å². The van der Waals surface area contributed by atoms with E-state index in [2.05, 4.69) is 72.8 Å². The van der Waals surface area contributed by atoms with Crippen molar-refractivity contribution in [1.82, 2.24) is 0 Å². The molecule has 0 saturated carbocycles. The maximum Gasteiger partial charge on any atom is 0.294 e. The highest BCUT2D eigenvalue weighted by Crippen LogP contribution is 2.59. The largest absolute Gasteiger partial charge is 0.473 e. The Labute approximate surface area is 205 Å². The van der Waals surface area contributed by atoms with Gasteiger partial charge in [0, 0.05) is 22.6 Å². The first-order valence-corrected chi connectivity index (χ1v) is 13.5. The van der Waals surface area contributed by atoms with Crippen molar-refractivity contribution in [2.24, 2.45) is 0 Å². The lowest BCUT2D eigenvalue weighted by Crippen LogP contribution is -2.46. The molecule has 0 aliphatic heterocycles. The Balaban J connectivity index is 1.54. The number of hydrogen-bond acceptors (Lipinski definition) is 3. The molecule has 0 spiro atoms. The SMILES string of the molecule is O=S(=O)(O)c1ccc(OC23c4ccccc4C(c4ccccc42)c2ccccc23)c2c1CCCC2. The van der Waals surface area contributed by atoms with Gasteiger partial charge in [0.25, 0.3) is 10.1 Å². The molecule has 4 aromatic carbocycles. The second kappa shape index (κ2) is 7.30. The normalized spacial score (nSPS) is 21.5. The van der Waals surface area contributed by atoms with Crippen LogP contribution in [0.4, 0.5) is 0 Å². The molecule has 4 aliphatic carbocycles. The summed E-state index contributed by atoms with van der Waals surface area (Å²) < 4.78 is 41.4. The summed E-state index contributed by atoms with van der Waals surface area (Å²) in [5.74, 6) is 0.840. The van der Waals surface area contributed by atoms with Crippen LogP contribution in [-0.2, 0) is 28.6 Å². The zero-order chi connectivity index (χ0) is 23.8. The topological polar surface area (TPSA) is 63.6 Å². The summed E-state index contributed by atoms with van der Waals surface area (Å²) in [6.07, 6.45) is 3.18. The van der Waals surface area contributed by atoms with Crippen LogP contribution in [-0.4, -0.2) is 13.0 Å². The van der Waals surface area contributed by atoms with Crippen LogP contribution in [0.15, 0.2) is 89.8 Å². The molecule has 0 amide bonds. The van der Waals surface area contributed by atoms with Crippen LogP contribution >= 0.6 is 0 Å². The maximum atomic E-state index is 12.1. The molecule has 2 bridgehead atoms. The molecule has 0 aromatic heterocycles. The Kier molecular flexibility index (Phi) is 4.36. The molecule has 4 aliphatic rings. The second-order valence-electron chi connectivity index (χ2n) is 9.68. The van der Waals surface area contributed by atoms with Crippen molar-refractivity contribution < 1.29 is 17.7 Å². The van der Waals surface area contributed by atoms with Crippen molar-refractivity contribution in [2.45, 2.75) is 42.1 Å². The number of hydrogen-bond donors (Lipinski definition) is 1. The van der Waals surface area contributed by atoms with Crippen LogP contribution in [0.2, 0.25) is 0 Å². The standard InChI is InChI=1S/C30H24O4S/c31-35(32,33)28-18-17-27(19-9-1-2-10-20(19)28)34-30-24-14-6-3-11-21(24)29(22-12-4-7-15-25(22)30)23-13-5-8-16-26(23)30/h3-8,11-18,29H,1-2,9-10H2,(H,31,32,33). The van der Waals surface area contributed by atoms with Gasteiger partial charge in [0.2, 0.25) is 0 Å². The Morgan fingerprint density at radius 1 is 0.686 bits per heavy atom. The molecule has 0 saturated heterocycles. The van der Waals surface area contributed by atoms with Gasteiger partial charge in [0.05, 0.1) is 4.90 Å². The average molecular weight is 481 g/mol. The molecule has 1 N–H and O–H groups in total. The molecule has 0 atom stereocenters. The highest BCUT2D eigenvalue weighted by molar-refractivity contribution is 7.85. The molecule has 4 nitrogen and oxygen atoms in total. The zero-order valence-electron chi connectivity index (χ0n) is 19.1. The van der Waals surface area contributed by atoms with Gasteiger partial charge in [-0.3, -0.25) is 4.55 Å². The minimum Gasteiger partial charge on any atom is -0.473 e. The van der Waals surface area contributed by atoms with Crippen molar-refractivity contribution in [3.05, 3.63) is 129 Å². The van der Waals surface area contributed by atoms with E-state index in [1.165, 1.54) is 22.8 Å². The molecule has 0 radical (unpaired) electrons. The molecule has 0 fully saturated rings. The van der Waals surface area contributed by atoms with Gasteiger partial charge in [-0.05, 0) is 65.6 Å². The van der Waals surface area contributed by atoms with Gasteiger partial charge in [-0.1, -0.05) is 72.8 Å². The van der Waals surface area contributed by atoms with Gasteiger partial charge in [-0.2, -0.15) is 8.42 Å². The first-order chi connectivity index (χ1) is 17.0. The highest BCUT2D eigenvalue weighted by atomic mass is 32.2. The van der Waals surface area contributed by atoms with Crippen molar-refractivity contribution in [1.29, 1.82) is 0 Å². The third-order valence-corrected chi connectivity index (χ3v) is 8.88. The van der Waals surface area contributed by atoms with Crippen molar-refractivity contribution in [2.75, 3.05) is 0 Å². The number of rotatable bonds is 3. The molecule has 0 heterocycles. The van der Waals surface area contributed by atoms with E-state index in [-0.39, 0.29) is 10.8 Å². The second-order valence-corrected chi connectivity index (χ2v) is 11.1. The predicted molar refractivity (Wildman–Crippen MR) is 134 cm³/mol. The van der Waals surface area contributed by atoms with Crippen LogP contribution in [0.25, 0.3) is 0 Å². The Hall–Kier alpha value is -3.41. The fourth-order valence-electron chi connectivity index (χ4n) is 6.61. The van der Waals surface area contributed by atoms with E-state index in [0.29, 0.717) is 17.7 Å². The first-order valence-electron chi connectivity index (χ1n) is 12.1. The molecule has 0 unspecified atom stereocenters. The Morgan fingerprint density at radius 2 is 1.17 bits per heavy atom. The van der Waals surface area contributed by atoms with Crippen molar-refractivity contribution in [3.63, 3.8) is 0 Å². The van der Waals surface area contributed by atoms with Gasteiger partial charge in [0.1, 0.15) is 5.75 Å². The summed E-state index contributed by atoms with van der Waals surface area (Å²) in [6.45, 7) is 0. The van der Waals surface area contributed by atoms with Crippen LogP contribution < -0.4 is 4.74 Å². The molecule has 8 rings (SSSR count). The fourth-order valence-corrected chi connectivity index (χ4v) is 7.39. The average Bonchev–Trinajstić information content (AvgIpc) is 2.88. The minimum atomic E-state index is -4.31. The molecular formula is C30H24O4S. The number of fused-ring (bicyclic) bond motifs is 1. The molecular weight excluding hydrogens is 456 g/mol. The summed E-state index contributed by atoms with van der Waals surface area (Å²) in [6, 6.07) is 28.7. The van der Waals surface area contributed by atoms with Gasteiger partial charge >= 0.3 is 0 Å². The van der Waals surface area contributed by atoms with E-state index < -0.39 is 15.7 Å². The van der Waals surface area contributed by atoms with Gasteiger partial charge < -0.3 is 4.74 Å². The van der Waals surface area contributed by atoms with E-state index in [1.807, 2.05) is 0 Å². The lowest BCUT2D eigenvalue weighted by Gasteiger charge is -2.50. The van der Waals surface area contributed by atoms with E-state index in [1.54, 1.807) is 6.07 Å². The molecule has 5 heteroatoms. The van der Waals surface area contributed by atoms with E-state index in [4.69, 9.17) is 4.74 Å². The maximum absolute atomic E-state index is 12.1. The van der Waals surface area contributed by atoms with Gasteiger partial charge in [-0.25, -0.2) is 0 Å². The summed E-state index contributed by atoms with van der Waals surface area (Å²) >= 11 is 0. The Morgan fingerprint density at radius 3 is 1.69 bits per heavy atom. The third kappa shape index (κ3) is 2.79. The van der Waals surface area contributed by atoms with Crippen molar-refractivity contribution in [3.8, 4) is 5.75 Å². The monoisotopic (exact) mass is 480 g/mol. The fraction of sp³-hybridized carbons (Fsp3) is 0.200. The third-order valence-electron chi connectivity index (χ3n) is 7.94. The quantitative estimate of drug-likeness (QED) is 0.366. The molecule has 35 heavy (non-hydrogen) atoms. The summed E-state index contributed by atoms with van der Waals surface area (Å²) in [5.41, 5.74) is 7.86. The summed E-state index contributed by atoms with van der Waals surface area (Å²) in [7, 11) is -4.31. The van der Waals surface area contributed by atoms with Crippen molar-refractivity contribution >= 4 is 10.1 Å². The predicted octanol–water partition coefficient (Wildman–Crippen LogP) is 5.99. The smallest absolute Gasteiger partial charge is 0.294 e. The van der Waals surface area contributed by atoms with E-state index in [0.717, 1.165) is 41.5 Å². The highest BCUT2D eigenvalue weighted by Gasteiger charge is 2.53. The zero-order valence-corrected chi connectivity index (χ0v) is 19.9. The van der Waals surface area contributed by atoms with Crippen LogP contribution in [0.3, 0.4) is 0 Å². The molecule has 4 aromatic rings. The van der Waals surface area contributed by atoms with E-state index in [9.17, 15) is 13.0 Å². The lowest BCUT2D eigenvalue weighted by atomic mass is 9.58. The van der Waals surface area contributed by atoms with Crippen LogP contribution in [0, 0.1) is 0 Å². The number of benzene rings is 4. The minimum absolute atomic E-state index is 0.00519. The number of ether oxygens (including phenoxy) is 1. The van der Waals surface area contributed by atoms with Gasteiger partial charge in [-0.15, -0.1) is 0 Å². The Bertz CT molecular complexity index is 1500. The van der Waals surface area contributed by atoms with Gasteiger partial charge in [0.15, 0.2) is 5.60 Å². The van der Waals surface area contributed by atoms with E-state index >= 15 is 0 Å². The lowest BCUT2D eigenvalue weighted by molar-refractivity contribution is 0.140. The molecule has 174 valence electrons. The summed E-state index contributed by atoms with van der Waals surface area (Å²) in [4.78, 5) is 0.00519. The first kappa shape index (κ1) is 20.9. The summed E-state index contributed by atoms with van der Waals surface area (Å²) in [5, 5.41) is 0. The van der Waals surface area contributed by atoms with Crippen LogP contribution in [0.1, 0.15) is 63.3 Å².